The molecule has 0 bridgehead atoms. The fourth-order valence-corrected chi connectivity index (χ4v) is 5.87. The first-order valence-corrected chi connectivity index (χ1v) is 10.5. The molecule has 1 aromatic rings. The van der Waals surface area contributed by atoms with Gasteiger partial charge in [-0.05, 0) is 37.8 Å². The zero-order valence-electron chi connectivity index (χ0n) is 14.4. The number of methoxy groups -OCH3 is 1. The molecule has 6 nitrogen and oxygen atoms in total. The molecule has 2 N–H and O–H groups in total. The Bertz CT molecular complexity index is 713. The lowest BCUT2D eigenvalue weighted by Gasteiger charge is -2.41. The van der Waals surface area contributed by atoms with Crippen LogP contribution in [0.2, 0.25) is 5.02 Å². The van der Waals surface area contributed by atoms with Crippen molar-refractivity contribution in [1.29, 1.82) is 0 Å². The minimum absolute atomic E-state index is 0.0608. The molecule has 0 spiro atoms. The van der Waals surface area contributed by atoms with E-state index >= 15 is 0 Å². The molecule has 25 heavy (non-hydrogen) atoms. The Kier molecular flexibility index (Phi) is 5.90. The average Bonchev–Trinajstić information content (AvgIpc) is 2.62. The highest BCUT2D eigenvalue weighted by Gasteiger charge is 2.40. The zero-order chi connectivity index (χ0) is 18.0. The van der Waals surface area contributed by atoms with Crippen LogP contribution in [0.5, 0.6) is 5.75 Å². The quantitative estimate of drug-likeness (QED) is 0.856. The Hall–Kier alpha value is -0.860. The van der Waals surface area contributed by atoms with Crippen LogP contribution in [0.3, 0.4) is 0 Å². The number of sulfonamides is 1. The maximum atomic E-state index is 13.3. The van der Waals surface area contributed by atoms with Crippen LogP contribution in [0.4, 0.5) is 0 Å². The van der Waals surface area contributed by atoms with Crippen molar-refractivity contribution >= 4 is 21.6 Å². The van der Waals surface area contributed by atoms with Crippen LogP contribution in [0.25, 0.3) is 0 Å². The van der Waals surface area contributed by atoms with E-state index in [0.29, 0.717) is 25.3 Å². The molecule has 0 aliphatic carbocycles. The first-order valence-electron chi connectivity index (χ1n) is 8.66. The second-order valence-corrected chi connectivity index (χ2v) is 8.94. The molecule has 3 rings (SSSR count). The van der Waals surface area contributed by atoms with Crippen molar-refractivity contribution in [1.82, 2.24) is 4.31 Å². The Morgan fingerprint density at radius 1 is 1.32 bits per heavy atom. The summed E-state index contributed by atoms with van der Waals surface area (Å²) in [6.07, 6.45) is 3.93. The number of rotatable bonds is 4. The molecule has 3 atom stereocenters. The molecule has 2 heterocycles. The lowest BCUT2D eigenvalue weighted by molar-refractivity contribution is -0.0386. The second kappa shape index (κ2) is 7.80. The van der Waals surface area contributed by atoms with Gasteiger partial charge in [0.1, 0.15) is 10.6 Å². The van der Waals surface area contributed by atoms with Gasteiger partial charge in [0, 0.05) is 25.3 Å². The van der Waals surface area contributed by atoms with Crippen molar-refractivity contribution in [3.8, 4) is 5.75 Å². The van der Waals surface area contributed by atoms with Crippen LogP contribution in [-0.4, -0.2) is 51.2 Å². The molecule has 0 amide bonds. The van der Waals surface area contributed by atoms with E-state index in [2.05, 4.69) is 0 Å². The van der Waals surface area contributed by atoms with E-state index in [1.807, 2.05) is 0 Å². The number of benzene rings is 1. The molecule has 140 valence electrons. The maximum absolute atomic E-state index is 13.3. The maximum Gasteiger partial charge on any atom is 0.245 e. The summed E-state index contributed by atoms with van der Waals surface area (Å²) in [6.45, 7) is 1.05. The van der Waals surface area contributed by atoms with Crippen LogP contribution in [-0.2, 0) is 14.8 Å². The smallest absolute Gasteiger partial charge is 0.245 e. The summed E-state index contributed by atoms with van der Waals surface area (Å²) >= 11 is 6.20. The Labute approximate surface area is 154 Å². The van der Waals surface area contributed by atoms with E-state index in [4.69, 9.17) is 26.8 Å². The van der Waals surface area contributed by atoms with Crippen molar-refractivity contribution in [2.24, 2.45) is 5.73 Å². The van der Waals surface area contributed by atoms with Gasteiger partial charge in [0.25, 0.3) is 0 Å². The van der Waals surface area contributed by atoms with E-state index < -0.39 is 10.0 Å². The number of nitrogens with zero attached hydrogens (tertiary/aromatic N) is 1. The van der Waals surface area contributed by atoms with Crippen LogP contribution >= 0.6 is 11.6 Å². The van der Waals surface area contributed by atoms with Crippen molar-refractivity contribution in [3.05, 3.63) is 23.2 Å². The van der Waals surface area contributed by atoms with Gasteiger partial charge in [-0.15, -0.1) is 0 Å². The fourth-order valence-electron chi connectivity index (χ4n) is 3.66. The highest BCUT2D eigenvalue weighted by molar-refractivity contribution is 7.89. The third kappa shape index (κ3) is 3.95. The van der Waals surface area contributed by atoms with Crippen molar-refractivity contribution in [3.63, 3.8) is 0 Å². The summed E-state index contributed by atoms with van der Waals surface area (Å²) in [5.41, 5.74) is 6.07. The van der Waals surface area contributed by atoms with Crippen molar-refractivity contribution in [2.45, 2.75) is 55.2 Å². The molecule has 0 aromatic heterocycles. The number of ether oxygens (including phenoxy) is 2. The van der Waals surface area contributed by atoms with Gasteiger partial charge >= 0.3 is 0 Å². The summed E-state index contributed by atoms with van der Waals surface area (Å²) in [7, 11) is -2.24. The number of piperidine rings is 1. The van der Waals surface area contributed by atoms with E-state index in [0.717, 1.165) is 25.7 Å². The molecule has 2 aliphatic heterocycles. The number of halogens is 1. The Balaban J connectivity index is 1.93. The largest absolute Gasteiger partial charge is 0.497 e. The predicted molar refractivity (Wildman–Crippen MR) is 96.5 cm³/mol. The Morgan fingerprint density at radius 3 is 2.84 bits per heavy atom. The molecular weight excluding hydrogens is 364 g/mol. The third-order valence-corrected chi connectivity index (χ3v) is 7.41. The van der Waals surface area contributed by atoms with Gasteiger partial charge in [-0.2, -0.15) is 4.31 Å². The molecule has 3 unspecified atom stereocenters. The average molecular weight is 389 g/mol. The summed E-state index contributed by atoms with van der Waals surface area (Å²) in [5.74, 6) is 0.465. The van der Waals surface area contributed by atoms with E-state index in [-0.39, 0.29) is 28.1 Å². The van der Waals surface area contributed by atoms with Gasteiger partial charge in [-0.1, -0.05) is 18.0 Å². The first kappa shape index (κ1) is 18.9. The molecular formula is C17H25ClN2O4S. The van der Waals surface area contributed by atoms with Gasteiger partial charge in [0.15, 0.2) is 0 Å². The fraction of sp³-hybridized carbons (Fsp3) is 0.647. The van der Waals surface area contributed by atoms with E-state index in [1.54, 1.807) is 16.4 Å². The topological polar surface area (TPSA) is 81.9 Å². The second-order valence-electron chi connectivity index (χ2n) is 6.67. The number of hydrogen-bond donors (Lipinski definition) is 1. The van der Waals surface area contributed by atoms with Crippen molar-refractivity contribution in [2.75, 3.05) is 20.3 Å². The monoisotopic (exact) mass is 388 g/mol. The van der Waals surface area contributed by atoms with Gasteiger partial charge in [-0.25, -0.2) is 8.42 Å². The molecule has 0 radical (unpaired) electrons. The highest BCUT2D eigenvalue weighted by atomic mass is 35.5. The minimum atomic E-state index is -3.74. The predicted octanol–water partition coefficient (Wildman–Crippen LogP) is 2.40. The summed E-state index contributed by atoms with van der Waals surface area (Å²) in [6, 6.07) is 4.55. The molecule has 2 fully saturated rings. The number of hydrogen-bond acceptors (Lipinski definition) is 5. The van der Waals surface area contributed by atoms with E-state index in [9.17, 15) is 8.42 Å². The lowest BCUT2D eigenvalue weighted by Crippen LogP contribution is -2.53. The normalized spacial score (nSPS) is 28.7. The summed E-state index contributed by atoms with van der Waals surface area (Å²) in [5, 5.41) is 0.200. The standard InChI is InChI=1S/C17H25ClN2O4S/c1-23-13-5-6-14(18)17(11-13)25(21,22)20-8-3-2-4-15(20)16-10-12(19)7-9-24-16/h5-6,11-12,15-16H,2-4,7-10,19H2,1H3. The van der Waals surface area contributed by atoms with Gasteiger partial charge in [-0.3, -0.25) is 0 Å². The SMILES string of the molecule is COc1ccc(Cl)c(S(=O)(=O)N2CCCCC2C2CC(N)CCO2)c1. The zero-order valence-corrected chi connectivity index (χ0v) is 15.9. The lowest BCUT2D eigenvalue weighted by atomic mass is 9.93. The third-order valence-electron chi connectivity index (χ3n) is 5.01. The van der Waals surface area contributed by atoms with Crippen LogP contribution in [0.1, 0.15) is 32.1 Å². The molecule has 0 saturated carbocycles. The summed E-state index contributed by atoms with van der Waals surface area (Å²) < 4.78 is 39.2. The first-order chi connectivity index (χ1) is 11.9. The van der Waals surface area contributed by atoms with Crippen LogP contribution in [0, 0.1) is 0 Å². The van der Waals surface area contributed by atoms with Gasteiger partial charge < -0.3 is 15.2 Å². The summed E-state index contributed by atoms with van der Waals surface area (Å²) in [4.78, 5) is 0.0838. The van der Waals surface area contributed by atoms with Gasteiger partial charge in [0.2, 0.25) is 10.0 Å². The molecule has 1 aromatic carbocycles. The Morgan fingerprint density at radius 2 is 2.12 bits per heavy atom. The highest BCUT2D eigenvalue weighted by Crippen LogP contribution is 2.34. The van der Waals surface area contributed by atoms with Gasteiger partial charge in [0.05, 0.1) is 24.3 Å². The molecule has 8 heteroatoms. The van der Waals surface area contributed by atoms with Crippen LogP contribution < -0.4 is 10.5 Å². The van der Waals surface area contributed by atoms with E-state index in [1.165, 1.54) is 13.2 Å². The van der Waals surface area contributed by atoms with Crippen LogP contribution in [0.15, 0.2) is 23.1 Å². The number of nitrogens with two attached hydrogens (primary N) is 1. The molecule has 2 aliphatic rings. The van der Waals surface area contributed by atoms with Crippen molar-refractivity contribution < 1.29 is 17.9 Å². The minimum Gasteiger partial charge on any atom is -0.497 e. The molecule has 2 saturated heterocycles.